The van der Waals surface area contributed by atoms with E-state index in [1.54, 1.807) is 0 Å². The molecule has 0 aromatic heterocycles. The summed E-state index contributed by atoms with van der Waals surface area (Å²) in [6.45, 7) is 1.15. The van der Waals surface area contributed by atoms with Gasteiger partial charge in [0.15, 0.2) is 6.17 Å². The largest absolute Gasteiger partial charge is 0.378 e. The van der Waals surface area contributed by atoms with Crippen molar-refractivity contribution in [2.45, 2.75) is 32.1 Å². The molecule has 0 aromatic carbocycles. The first-order valence-corrected chi connectivity index (χ1v) is 4.12. The maximum atomic E-state index is 12.5. The van der Waals surface area contributed by atoms with Crippen LogP contribution in [0.2, 0.25) is 0 Å². The quantitative estimate of drug-likeness (QED) is 0.551. The van der Waals surface area contributed by atoms with Crippen LogP contribution in [0.1, 0.15) is 19.8 Å². The second-order valence-electron chi connectivity index (χ2n) is 2.68. The topological polar surface area (TPSA) is 29.1 Å². The van der Waals surface area contributed by atoms with Gasteiger partial charge in [-0.3, -0.25) is 0 Å². The highest BCUT2D eigenvalue weighted by Crippen LogP contribution is 2.03. The molecule has 0 aliphatic rings. The molecular formula is C8H15F2O2. The first-order chi connectivity index (χ1) is 5.68. The number of hydrogen-bond donors (Lipinski definition) is 0. The molecule has 0 aromatic rings. The van der Waals surface area contributed by atoms with Crippen molar-refractivity contribution in [1.29, 1.82) is 0 Å². The first-order valence-electron chi connectivity index (χ1n) is 4.12. The molecular weight excluding hydrogens is 166 g/mol. The van der Waals surface area contributed by atoms with Crippen LogP contribution in [0.15, 0.2) is 0 Å². The van der Waals surface area contributed by atoms with E-state index >= 15 is 0 Å². The van der Waals surface area contributed by atoms with Crippen LogP contribution in [-0.4, -0.2) is 32.2 Å². The van der Waals surface area contributed by atoms with Gasteiger partial charge in [-0.15, -0.1) is 0 Å². The zero-order valence-electron chi connectivity index (χ0n) is 7.26. The van der Waals surface area contributed by atoms with Crippen molar-refractivity contribution in [2.24, 2.45) is 0 Å². The van der Waals surface area contributed by atoms with E-state index in [9.17, 15) is 13.9 Å². The Kier molecular flexibility index (Phi) is 7.29. The molecule has 0 fully saturated rings. The molecule has 0 saturated heterocycles. The Balaban J connectivity index is 3.08. The Bertz CT molecular complexity index is 99.1. The van der Waals surface area contributed by atoms with E-state index in [2.05, 4.69) is 0 Å². The van der Waals surface area contributed by atoms with E-state index in [1.807, 2.05) is 0 Å². The maximum absolute atomic E-state index is 12.5. The standard InChI is InChI=1S/C8H15F2O2/c1-7(9)8(10)6-12-5-3-2-4-11/h7-8H,2-6H2,1H3. The summed E-state index contributed by atoms with van der Waals surface area (Å²) >= 11 is 0. The number of rotatable bonds is 7. The monoisotopic (exact) mass is 181 g/mol. The van der Waals surface area contributed by atoms with E-state index in [4.69, 9.17) is 4.74 Å². The van der Waals surface area contributed by atoms with Gasteiger partial charge in [-0.25, -0.2) is 13.9 Å². The van der Waals surface area contributed by atoms with Crippen molar-refractivity contribution < 1.29 is 18.6 Å². The van der Waals surface area contributed by atoms with Crippen LogP contribution >= 0.6 is 0 Å². The number of ether oxygens (including phenoxy) is 1. The van der Waals surface area contributed by atoms with Crippen molar-refractivity contribution in [3.05, 3.63) is 0 Å². The molecule has 2 atom stereocenters. The summed E-state index contributed by atoms with van der Waals surface area (Å²) in [5.74, 6) is 0. The smallest absolute Gasteiger partial charge is 0.154 e. The Morgan fingerprint density at radius 1 is 1.33 bits per heavy atom. The van der Waals surface area contributed by atoms with Gasteiger partial charge < -0.3 is 4.74 Å². The van der Waals surface area contributed by atoms with Gasteiger partial charge in [-0.05, 0) is 19.8 Å². The third-order valence-electron chi connectivity index (χ3n) is 1.46. The predicted octanol–water partition coefficient (Wildman–Crippen LogP) is 1.91. The fourth-order valence-electron chi connectivity index (χ4n) is 0.635. The highest BCUT2D eigenvalue weighted by molar-refractivity contribution is 4.61. The number of alkyl halides is 2. The fourth-order valence-corrected chi connectivity index (χ4v) is 0.635. The van der Waals surface area contributed by atoms with Crippen LogP contribution < -0.4 is 0 Å². The number of unbranched alkanes of at least 4 members (excludes halogenated alkanes) is 1. The average molecular weight is 181 g/mol. The van der Waals surface area contributed by atoms with Gasteiger partial charge in [0.05, 0.1) is 13.2 Å². The molecule has 0 aliphatic heterocycles. The maximum Gasteiger partial charge on any atom is 0.154 e. The number of halogens is 2. The third-order valence-corrected chi connectivity index (χ3v) is 1.46. The van der Waals surface area contributed by atoms with E-state index < -0.39 is 12.3 Å². The zero-order valence-corrected chi connectivity index (χ0v) is 7.26. The summed E-state index contributed by atoms with van der Waals surface area (Å²) in [4.78, 5) is 0. The van der Waals surface area contributed by atoms with Crippen LogP contribution in [-0.2, 0) is 9.84 Å². The molecule has 0 bridgehead atoms. The van der Waals surface area contributed by atoms with Crippen molar-refractivity contribution in [1.82, 2.24) is 0 Å². The molecule has 12 heavy (non-hydrogen) atoms. The van der Waals surface area contributed by atoms with Crippen molar-refractivity contribution in [3.8, 4) is 0 Å². The van der Waals surface area contributed by atoms with Crippen LogP contribution in [0.5, 0.6) is 0 Å². The summed E-state index contributed by atoms with van der Waals surface area (Å²) < 4.78 is 29.4. The molecule has 1 radical (unpaired) electrons. The molecule has 0 N–H and O–H groups in total. The number of hydrogen-bond acceptors (Lipinski definition) is 1. The van der Waals surface area contributed by atoms with Crippen LogP contribution in [0, 0.1) is 0 Å². The molecule has 73 valence electrons. The highest BCUT2D eigenvalue weighted by atomic mass is 19.2. The van der Waals surface area contributed by atoms with Crippen LogP contribution in [0.25, 0.3) is 0 Å². The van der Waals surface area contributed by atoms with E-state index in [0.29, 0.717) is 19.4 Å². The third kappa shape index (κ3) is 6.49. The van der Waals surface area contributed by atoms with Gasteiger partial charge in [-0.2, -0.15) is 0 Å². The Hall–Kier alpha value is -0.220. The Labute approximate surface area is 71.5 Å². The molecule has 4 heteroatoms. The zero-order chi connectivity index (χ0) is 9.40. The summed E-state index contributed by atoms with van der Waals surface area (Å²) in [6.07, 6.45) is -1.87. The van der Waals surface area contributed by atoms with E-state index in [-0.39, 0.29) is 13.2 Å². The first kappa shape index (κ1) is 11.8. The minimum atomic E-state index is -1.54. The van der Waals surface area contributed by atoms with Crippen molar-refractivity contribution >= 4 is 0 Å². The average Bonchev–Trinajstić information content (AvgIpc) is 2.03. The lowest BCUT2D eigenvalue weighted by atomic mass is 10.3. The summed E-state index contributed by atoms with van der Waals surface area (Å²) in [5.41, 5.74) is 0. The van der Waals surface area contributed by atoms with E-state index in [0.717, 1.165) is 6.92 Å². The van der Waals surface area contributed by atoms with Gasteiger partial charge in [0, 0.05) is 6.61 Å². The van der Waals surface area contributed by atoms with Gasteiger partial charge in [-0.1, -0.05) is 0 Å². The molecule has 2 unspecified atom stereocenters. The van der Waals surface area contributed by atoms with Gasteiger partial charge in [0.25, 0.3) is 0 Å². The van der Waals surface area contributed by atoms with Gasteiger partial charge in [0.2, 0.25) is 0 Å². The summed E-state index contributed by atoms with van der Waals surface area (Å²) in [5, 5.41) is 9.95. The molecule has 0 heterocycles. The molecule has 2 nitrogen and oxygen atoms in total. The Morgan fingerprint density at radius 3 is 2.50 bits per heavy atom. The van der Waals surface area contributed by atoms with Crippen LogP contribution in [0.3, 0.4) is 0 Å². The normalized spacial score (nSPS) is 16.0. The lowest BCUT2D eigenvalue weighted by Crippen LogP contribution is -2.20. The van der Waals surface area contributed by atoms with Gasteiger partial charge >= 0.3 is 0 Å². The molecule has 0 aliphatic carbocycles. The minimum Gasteiger partial charge on any atom is -0.378 e. The highest BCUT2D eigenvalue weighted by Gasteiger charge is 2.14. The molecule has 0 rings (SSSR count). The molecule has 0 saturated carbocycles. The fraction of sp³-hybridized carbons (Fsp3) is 1.00. The van der Waals surface area contributed by atoms with Crippen LogP contribution in [0.4, 0.5) is 8.78 Å². The molecule has 0 spiro atoms. The predicted molar refractivity (Wildman–Crippen MR) is 41.1 cm³/mol. The second kappa shape index (κ2) is 7.43. The van der Waals surface area contributed by atoms with Crippen molar-refractivity contribution in [2.75, 3.05) is 19.8 Å². The van der Waals surface area contributed by atoms with Gasteiger partial charge in [0.1, 0.15) is 6.17 Å². The summed E-state index contributed by atoms with van der Waals surface area (Å²) in [6, 6.07) is 0. The summed E-state index contributed by atoms with van der Waals surface area (Å²) in [7, 11) is 0. The lowest BCUT2D eigenvalue weighted by Gasteiger charge is -2.09. The second-order valence-corrected chi connectivity index (χ2v) is 2.68. The molecule has 0 amide bonds. The SMILES string of the molecule is CC(F)C(F)COCCCC[O]. The Morgan fingerprint density at radius 2 is 2.00 bits per heavy atom. The minimum absolute atomic E-state index is 0.137. The van der Waals surface area contributed by atoms with E-state index in [1.165, 1.54) is 0 Å². The lowest BCUT2D eigenvalue weighted by molar-refractivity contribution is 0.0425. The van der Waals surface area contributed by atoms with Crippen molar-refractivity contribution in [3.63, 3.8) is 0 Å².